The van der Waals surface area contributed by atoms with Gasteiger partial charge < -0.3 is 19.5 Å². The largest absolute Gasteiger partial charge is 0.489 e. The summed E-state index contributed by atoms with van der Waals surface area (Å²) >= 11 is 6.21. The van der Waals surface area contributed by atoms with Crippen molar-refractivity contribution in [2.24, 2.45) is 0 Å². The summed E-state index contributed by atoms with van der Waals surface area (Å²) < 4.78 is 16.1. The van der Waals surface area contributed by atoms with E-state index < -0.39 is 5.91 Å². The van der Waals surface area contributed by atoms with Crippen molar-refractivity contribution in [2.75, 3.05) is 33.5 Å². The molecular formula is C17H19ClN2O4. The van der Waals surface area contributed by atoms with Crippen LogP contribution in [0.4, 0.5) is 0 Å². The van der Waals surface area contributed by atoms with Gasteiger partial charge in [-0.15, -0.1) is 0 Å². The van der Waals surface area contributed by atoms with Crippen molar-refractivity contribution in [2.45, 2.75) is 12.8 Å². The van der Waals surface area contributed by atoms with E-state index in [1.807, 2.05) is 6.07 Å². The first-order valence-electron chi connectivity index (χ1n) is 7.63. The van der Waals surface area contributed by atoms with Crippen LogP contribution in [0.2, 0.25) is 5.02 Å². The Labute approximate surface area is 145 Å². The van der Waals surface area contributed by atoms with Crippen LogP contribution >= 0.6 is 11.6 Å². The lowest BCUT2D eigenvalue weighted by Gasteiger charge is -2.10. The van der Waals surface area contributed by atoms with E-state index >= 15 is 0 Å². The van der Waals surface area contributed by atoms with Crippen LogP contribution in [-0.4, -0.2) is 39.4 Å². The Morgan fingerprint density at radius 3 is 3.00 bits per heavy atom. The number of hydrogen-bond donors (Lipinski definition) is 1. The van der Waals surface area contributed by atoms with Gasteiger partial charge in [0.25, 0.3) is 5.91 Å². The van der Waals surface area contributed by atoms with Gasteiger partial charge in [0.15, 0.2) is 11.5 Å². The van der Waals surface area contributed by atoms with Crippen molar-refractivity contribution in [3.8, 4) is 17.6 Å². The van der Waals surface area contributed by atoms with E-state index in [1.165, 1.54) is 6.08 Å². The van der Waals surface area contributed by atoms with E-state index in [9.17, 15) is 10.1 Å². The number of benzene rings is 1. The molecule has 1 aromatic rings. The van der Waals surface area contributed by atoms with E-state index in [4.69, 9.17) is 25.8 Å². The molecule has 1 aliphatic rings. The average Bonchev–Trinajstić information content (AvgIpc) is 2.82. The van der Waals surface area contributed by atoms with Gasteiger partial charge in [0, 0.05) is 26.7 Å². The second kappa shape index (κ2) is 9.16. The summed E-state index contributed by atoms with van der Waals surface area (Å²) in [7, 11) is 1.59. The van der Waals surface area contributed by atoms with Crippen LogP contribution in [0.25, 0.3) is 6.08 Å². The number of nitrogens with one attached hydrogen (secondary N) is 1. The molecule has 1 N–H and O–H groups in total. The van der Waals surface area contributed by atoms with E-state index in [0.717, 1.165) is 6.42 Å². The van der Waals surface area contributed by atoms with Crippen molar-refractivity contribution < 1.29 is 19.0 Å². The highest BCUT2D eigenvalue weighted by Gasteiger charge is 2.16. The molecular weight excluding hydrogens is 332 g/mol. The third kappa shape index (κ3) is 4.88. The molecule has 1 aliphatic heterocycles. The minimum absolute atomic E-state index is 0.00188. The number of nitriles is 1. The van der Waals surface area contributed by atoms with Gasteiger partial charge in [-0.3, -0.25) is 4.79 Å². The number of fused-ring (bicyclic) bond motifs is 1. The molecule has 2 rings (SSSR count). The number of ether oxygens (including phenoxy) is 3. The molecule has 0 saturated carbocycles. The van der Waals surface area contributed by atoms with Gasteiger partial charge in [-0.25, -0.2) is 0 Å². The van der Waals surface area contributed by atoms with Gasteiger partial charge in [-0.05, 0) is 30.2 Å². The molecule has 0 spiro atoms. The van der Waals surface area contributed by atoms with Crippen molar-refractivity contribution in [1.29, 1.82) is 5.26 Å². The standard InChI is InChI=1S/C17H19ClN2O4/c1-22-5-2-4-20-17(21)13(11-19)8-12-9-14(18)16-15(10-12)23-6-3-7-24-16/h8-10H,2-7H2,1H3,(H,20,21)/b13-8-. The van der Waals surface area contributed by atoms with Crippen LogP contribution in [-0.2, 0) is 9.53 Å². The van der Waals surface area contributed by atoms with Crippen molar-refractivity contribution in [3.05, 3.63) is 28.3 Å². The number of carbonyl (C=O) groups is 1. The molecule has 6 nitrogen and oxygen atoms in total. The SMILES string of the molecule is COCCCNC(=O)/C(C#N)=C\c1cc(Cl)c2c(c1)OCCCO2. The van der Waals surface area contributed by atoms with Gasteiger partial charge >= 0.3 is 0 Å². The first-order valence-corrected chi connectivity index (χ1v) is 8.01. The van der Waals surface area contributed by atoms with Gasteiger partial charge in [0.2, 0.25) is 0 Å². The van der Waals surface area contributed by atoms with Crippen LogP contribution in [0.15, 0.2) is 17.7 Å². The lowest BCUT2D eigenvalue weighted by atomic mass is 10.1. The molecule has 128 valence electrons. The fraction of sp³-hybridized carbons (Fsp3) is 0.412. The smallest absolute Gasteiger partial charge is 0.261 e. The van der Waals surface area contributed by atoms with Crippen LogP contribution in [0, 0.1) is 11.3 Å². The fourth-order valence-corrected chi connectivity index (χ4v) is 2.44. The first-order chi connectivity index (χ1) is 11.7. The number of nitrogens with zero attached hydrogens (tertiary/aromatic N) is 1. The maximum absolute atomic E-state index is 12.0. The van der Waals surface area contributed by atoms with Crippen LogP contribution < -0.4 is 14.8 Å². The molecule has 0 aromatic heterocycles. The van der Waals surface area contributed by atoms with Crippen molar-refractivity contribution >= 4 is 23.6 Å². The average molecular weight is 351 g/mol. The Kier molecular flexibility index (Phi) is 6.91. The molecule has 1 aromatic carbocycles. The second-order valence-corrected chi connectivity index (χ2v) is 5.56. The summed E-state index contributed by atoms with van der Waals surface area (Å²) in [5, 5.41) is 12.3. The van der Waals surface area contributed by atoms with E-state index in [1.54, 1.807) is 19.2 Å². The number of hydrogen-bond acceptors (Lipinski definition) is 5. The fourth-order valence-electron chi connectivity index (χ4n) is 2.16. The number of halogens is 1. The summed E-state index contributed by atoms with van der Waals surface area (Å²) in [5.74, 6) is 0.578. The normalized spacial score (nSPS) is 13.8. The lowest BCUT2D eigenvalue weighted by Crippen LogP contribution is -2.26. The minimum atomic E-state index is -0.433. The number of rotatable bonds is 6. The third-order valence-electron chi connectivity index (χ3n) is 3.31. The number of amides is 1. The predicted octanol–water partition coefficient (Wildman–Crippen LogP) is 2.56. The van der Waals surface area contributed by atoms with E-state index in [0.29, 0.717) is 54.9 Å². The molecule has 7 heteroatoms. The van der Waals surface area contributed by atoms with Crippen LogP contribution in [0.3, 0.4) is 0 Å². The molecule has 0 radical (unpaired) electrons. The summed E-state index contributed by atoms with van der Waals surface area (Å²) in [6.07, 6.45) is 2.92. The molecule has 1 heterocycles. The van der Waals surface area contributed by atoms with Crippen molar-refractivity contribution in [1.82, 2.24) is 5.32 Å². The van der Waals surface area contributed by atoms with E-state index in [2.05, 4.69) is 5.32 Å². The topological polar surface area (TPSA) is 80.6 Å². The third-order valence-corrected chi connectivity index (χ3v) is 3.59. The zero-order chi connectivity index (χ0) is 17.4. The highest BCUT2D eigenvalue weighted by Crippen LogP contribution is 2.38. The molecule has 0 atom stereocenters. The molecule has 0 aliphatic carbocycles. The van der Waals surface area contributed by atoms with Crippen LogP contribution in [0.1, 0.15) is 18.4 Å². The zero-order valence-corrected chi connectivity index (χ0v) is 14.2. The summed E-state index contributed by atoms with van der Waals surface area (Å²) in [6, 6.07) is 5.26. The maximum atomic E-state index is 12.0. The Bertz CT molecular complexity index is 667. The van der Waals surface area contributed by atoms with Gasteiger partial charge in [-0.1, -0.05) is 11.6 Å². The van der Waals surface area contributed by atoms with E-state index in [-0.39, 0.29) is 5.57 Å². The predicted molar refractivity (Wildman–Crippen MR) is 90.2 cm³/mol. The highest BCUT2D eigenvalue weighted by atomic mass is 35.5. The monoisotopic (exact) mass is 350 g/mol. The highest BCUT2D eigenvalue weighted by molar-refractivity contribution is 6.32. The minimum Gasteiger partial charge on any atom is -0.489 e. The molecule has 24 heavy (non-hydrogen) atoms. The van der Waals surface area contributed by atoms with Gasteiger partial charge in [-0.2, -0.15) is 5.26 Å². The Morgan fingerprint density at radius 1 is 1.46 bits per heavy atom. The summed E-state index contributed by atoms with van der Waals surface area (Å²) in [5.41, 5.74) is 0.603. The molecule has 0 fully saturated rings. The van der Waals surface area contributed by atoms with Gasteiger partial charge in [0.1, 0.15) is 11.6 Å². The molecule has 0 saturated heterocycles. The lowest BCUT2D eigenvalue weighted by molar-refractivity contribution is -0.117. The maximum Gasteiger partial charge on any atom is 0.261 e. The summed E-state index contributed by atoms with van der Waals surface area (Å²) in [4.78, 5) is 12.0. The quantitative estimate of drug-likeness (QED) is 0.484. The zero-order valence-electron chi connectivity index (χ0n) is 13.4. The number of carbonyl (C=O) groups excluding carboxylic acids is 1. The van der Waals surface area contributed by atoms with Gasteiger partial charge in [0.05, 0.1) is 18.2 Å². The summed E-state index contributed by atoms with van der Waals surface area (Å²) in [6.45, 7) is 2.05. The number of methoxy groups -OCH3 is 1. The second-order valence-electron chi connectivity index (χ2n) is 5.15. The molecule has 0 bridgehead atoms. The Hall–Kier alpha value is -2.23. The molecule has 1 amide bonds. The Balaban J connectivity index is 2.15. The molecule has 0 unspecified atom stereocenters. The van der Waals surface area contributed by atoms with Crippen molar-refractivity contribution in [3.63, 3.8) is 0 Å². The van der Waals surface area contributed by atoms with Crippen LogP contribution in [0.5, 0.6) is 11.5 Å². The Morgan fingerprint density at radius 2 is 2.25 bits per heavy atom. The first kappa shape index (κ1) is 18.1.